The number of hydrogen-bond acceptors (Lipinski definition) is 4. The molecule has 2 heterocycles. The zero-order valence-corrected chi connectivity index (χ0v) is 13.4. The lowest BCUT2D eigenvalue weighted by molar-refractivity contribution is 0.0740. The molecule has 21 heavy (non-hydrogen) atoms. The van der Waals surface area contributed by atoms with E-state index in [1.165, 1.54) is 6.42 Å². The van der Waals surface area contributed by atoms with Crippen LogP contribution in [-0.2, 0) is 6.42 Å². The number of nitrogens with zero attached hydrogens (tertiary/aromatic N) is 3. The van der Waals surface area contributed by atoms with Crippen molar-refractivity contribution in [2.24, 2.45) is 0 Å². The molecule has 5 nitrogen and oxygen atoms in total. The lowest BCUT2D eigenvalue weighted by atomic mass is 10.1. The summed E-state index contributed by atoms with van der Waals surface area (Å²) in [5, 5.41) is 11.7. The van der Waals surface area contributed by atoms with Gasteiger partial charge in [-0.2, -0.15) is 10.2 Å². The average Bonchev–Trinajstić information content (AvgIpc) is 2.99. The first kappa shape index (κ1) is 15.9. The van der Waals surface area contributed by atoms with E-state index in [2.05, 4.69) is 22.4 Å². The Balaban J connectivity index is 2.18. The van der Waals surface area contributed by atoms with E-state index in [9.17, 15) is 4.79 Å². The van der Waals surface area contributed by atoms with E-state index in [0.29, 0.717) is 6.04 Å². The molecule has 0 aromatic carbocycles. The van der Waals surface area contributed by atoms with Gasteiger partial charge in [-0.3, -0.25) is 4.79 Å². The molecule has 116 valence electrons. The Hall–Kier alpha value is -1.49. The highest BCUT2D eigenvalue weighted by Crippen LogP contribution is 2.14. The lowest BCUT2D eigenvalue weighted by Crippen LogP contribution is -2.42. The van der Waals surface area contributed by atoms with E-state index < -0.39 is 0 Å². The zero-order valence-electron chi connectivity index (χ0n) is 13.4. The number of amides is 1. The highest BCUT2D eigenvalue weighted by molar-refractivity contribution is 5.95. The lowest BCUT2D eigenvalue weighted by Gasteiger charge is -2.26. The molecular weight excluding hydrogens is 264 g/mol. The summed E-state index contributed by atoms with van der Waals surface area (Å²) in [6.07, 6.45) is 4.06. The van der Waals surface area contributed by atoms with Crippen LogP contribution in [0.4, 0.5) is 0 Å². The van der Waals surface area contributed by atoms with Gasteiger partial charge >= 0.3 is 0 Å². The van der Waals surface area contributed by atoms with Crippen molar-refractivity contribution in [3.05, 3.63) is 23.0 Å². The Labute approximate surface area is 127 Å². The third-order valence-electron chi connectivity index (χ3n) is 3.94. The van der Waals surface area contributed by atoms with Crippen LogP contribution in [0.15, 0.2) is 6.07 Å². The largest absolute Gasteiger partial charge is 0.337 e. The zero-order chi connectivity index (χ0) is 15.2. The van der Waals surface area contributed by atoms with E-state index in [-0.39, 0.29) is 5.91 Å². The smallest absolute Gasteiger partial charge is 0.255 e. The fraction of sp³-hybridized carbons (Fsp3) is 0.688. The summed E-state index contributed by atoms with van der Waals surface area (Å²) in [7, 11) is 0. The van der Waals surface area contributed by atoms with Crippen LogP contribution in [0.3, 0.4) is 0 Å². The van der Waals surface area contributed by atoms with E-state index in [1.54, 1.807) is 0 Å². The van der Waals surface area contributed by atoms with Crippen LogP contribution < -0.4 is 5.32 Å². The van der Waals surface area contributed by atoms with Gasteiger partial charge in [0.05, 0.1) is 17.0 Å². The van der Waals surface area contributed by atoms with Crippen LogP contribution in [0, 0.1) is 6.92 Å². The van der Waals surface area contributed by atoms with Crippen molar-refractivity contribution in [3.8, 4) is 0 Å². The third kappa shape index (κ3) is 4.00. The fourth-order valence-corrected chi connectivity index (χ4v) is 2.86. The second-order valence-electron chi connectivity index (χ2n) is 5.74. The van der Waals surface area contributed by atoms with Crippen molar-refractivity contribution < 1.29 is 4.79 Å². The molecule has 1 amide bonds. The Morgan fingerprint density at radius 3 is 2.86 bits per heavy atom. The van der Waals surface area contributed by atoms with Crippen LogP contribution in [0.25, 0.3) is 0 Å². The average molecular weight is 290 g/mol. The molecule has 1 saturated heterocycles. The quantitative estimate of drug-likeness (QED) is 0.870. The van der Waals surface area contributed by atoms with Crippen molar-refractivity contribution >= 4 is 5.91 Å². The van der Waals surface area contributed by atoms with Gasteiger partial charge in [0.15, 0.2) is 0 Å². The van der Waals surface area contributed by atoms with Crippen molar-refractivity contribution in [1.82, 2.24) is 20.4 Å². The molecule has 2 rings (SSSR count). The normalized spacial score (nSPS) is 18.0. The second-order valence-corrected chi connectivity index (χ2v) is 5.74. The number of nitrogens with one attached hydrogen (secondary N) is 1. The Bertz CT molecular complexity index is 483. The number of carbonyl (C=O) groups is 1. The van der Waals surface area contributed by atoms with E-state index in [0.717, 1.165) is 55.8 Å². The van der Waals surface area contributed by atoms with Gasteiger partial charge in [0.1, 0.15) is 0 Å². The maximum Gasteiger partial charge on any atom is 0.255 e. The number of aryl methyl sites for hydroxylation is 2. The summed E-state index contributed by atoms with van der Waals surface area (Å²) >= 11 is 0. The molecule has 5 heteroatoms. The summed E-state index contributed by atoms with van der Waals surface area (Å²) < 4.78 is 0. The molecule has 1 fully saturated rings. The summed E-state index contributed by atoms with van der Waals surface area (Å²) in [4.78, 5) is 14.9. The Kier molecular flexibility index (Phi) is 5.67. The summed E-state index contributed by atoms with van der Waals surface area (Å²) in [6.45, 7) is 8.65. The second kappa shape index (κ2) is 7.50. The minimum absolute atomic E-state index is 0.0976. The minimum atomic E-state index is 0.0976. The van der Waals surface area contributed by atoms with Crippen LogP contribution >= 0.6 is 0 Å². The molecule has 0 aliphatic carbocycles. The third-order valence-corrected chi connectivity index (χ3v) is 3.94. The maximum absolute atomic E-state index is 12.9. The van der Waals surface area contributed by atoms with Gasteiger partial charge < -0.3 is 10.2 Å². The first-order chi connectivity index (χ1) is 10.2. The standard InChI is InChI=1S/C16H26N4O/c1-4-9-20(11-13-7-6-8-17-13)16(21)14-10-12(3)18-19-15(14)5-2/h10,13,17H,4-9,11H2,1-3H3. The van der Waals surface area contributed by atoms with Gasteiger partial charge in [0, 0.05) is 19.1 Å². The number of hydrogen-bond donors (Lipinski definition) is 1. The van der Waals surface area contributed by atoms with Gasteiger partial charge in [-0.15, -0.1) is 0 Å². The number of aromatic nitrogens is 2. The molecule has 0 spiro atoms. The molecule has 0 saturated carbocycles. The summed E-state index contributed by atoms with van der Waals surface area (Å²) in [6, 6.07) is 2.31. The van der Waals surface area contributed by atoms with E-state index in [4.69, 9.17) is 0 Å². The molecule has 0 radical (unpaired) electrons. The van der Waals surface area contributed by atoms with E-state index in [1.807, 2.05) is 24.8 Å². The van der Waals surface area contributed by atoms with Crippen LogP contribution in [0.2, 0.25) is 0 Å². The summed E-state index contributed by atoms with van der Waals surface area (Å²) in [5.74, 6) is 0.0976. The minimum Gasteiger partial charge on any atom is -0.337 e. The maximum atomic E-state index is 12.9. The molecule has 1 atom stereocenters. The Morgan fingerprint density at radius 1 is 1.43 bits per heavy atom. The van der Waals surface area contributed by atoms with Crippen molar-refractivity contribution in [2.45, 2.75) is 52.5 Å². The molecule has 1 aromatic rings. The molecule has 1 aliphatic rings. The molecule has 1 unspecified atom stereocenters. The van der Waals surface area contributed by atoms with E-state index >= 15 is 0 Å². The van der Waals surface area contributed by atoms with Crippen molar-refractivity contribution in [2.75, 3.05) is 19.6 Å². The molecular formula is C16H26N4O. The van der Waals surface area contributed by atoms with Gasteiger partial charge in [-0.25, -0.2) is 0 Å². The number of carbonyl (C=O) groups excluding carboxylic acids is 1. The van der Waals surface area contributed by atoms with Crippen molar-refractivity contribution in [3.63, 3.8) is 0 Å². The first-order valence-corrected chi connectivity index (χ1v) is 8.01. The summed E-state index contributed by atoms with van der Waals surface area (Å²) in [5.41, 5.74) is 2.31. The predicted octanol–water partition coefficient (Wildman–Crippen LogP) is 1.95. The highest BCUT2D eigenvalue weighted by Gasteiger charge is 2.24. The topological polar surface area (TPSA) is 58.1 Å². The van der Waals surface area contributed by atoms with Crippen LogP contribution in [0.5, 0.6) is 0 Å². The molecule has 1 aliphatic heterocycles. The number of rotatable bonds is 6. The fourth-order valence-electron chi connectivity index (χ4n) is 2.86. The van der Waals surface area contributed by atoms with Gasteiger partial charge in [-0.05, 0) is 45.2 Å². The molecule has 1 aromatic heterocycles. The van der Waals surface area contributed by atoms with Gasteiger partial charge in [0.2, 0.25) is 0 Å². The first-order valence-electron chi connectivity index (χ1n) is 8.01. The van der Waals surface area contributed by atoms with Gasteiger partial charge in [0.25, 0.3) is 5.91 Å². The van der Waals surface area contributed by atoms with Crippen LogP contribution in [-0.4, -0.2) is 46.7 Å². The molecule has 1 N–H and O–H groups in total. The predicted molar refractivity (Wildman–Crippen MR) is 83.4 cm³/mol. The van der Waals surface area contributed by atoms with Crippen LogP contribution in [0.1, 0.15) is 54.9 Å². The van der Waals surface area contributed by atoms with Crippen molar-refractivity contribution in [1.29, 1.82) is 0 Å². The Morgan fingerprint density at radius 2 is 2.24 bits per heavy atom. The molecule has 0 bridgehead atoms. The highest BCUT2D eigenvalue weighted by atomic mass is 16.2. The SMILES string of the molecule is CCCN(CC1CCCN1)C(=O)c1cc(C)nnc1CC. The van der Waals surface area contributed by atoms with Gasteiger partial charge in [-0.1, -0.05) is 13.8 Å². The monoisotopic (exact) mass is 290 g/mol.